The van der Waals surface area contributed by atoms with Gasteiger partial charge in [0.25, 0.3) is 0 Å². The van der Waals surface area contributed by atoms with Gasteiger partial charge >= 0.3 is 0 Å². The van der Waals surface area contributed by atoms with Gasteiger partial charge in [-0.25, -0.2) is 4.98 Å². The van der Waals surface area contributed by atoms with Crippen molar-refractivity contribution in [2.75, 3.05) is 6.61 Å². The fraction of sp³-hybridized carbons (Fsp3) is 0.769. The van der Waals surface area contributed by atoms with Gasteiger partial charge in [-0.15, -0.1) is 0 Å². The van der Waals surface area contributed by atoms with Crippen LogP contribution in [-0.4, -0.2) is 28.3 Å². The molecule has 0 radical (unpaired) electrons. The molecule has 1 aromatic heterocycles. The lowest BCUT2D eigenvalue weighted by atomic mass is 9.64. The van der Waals surface area contributed by atoms with Gasteiger partial charge in [-0.1, -0.05) is 25.4 Å². The molecular formula is C13H22ClN3O. The van der Waals surface area contributed by atoms with Gasteiger partial charge in [0.2, 0.25) is 0 Å². The molecule has 5 heteroatoms. The maximum Gasteiger partial charge on any atom is 0.128 e. The van der Waals surface area contributed by atoms with Crippen LogP contribution in [0.5, 0.6) is 0 Å². The first kappa shape index (κ1) is 13.8. The lowest BCUT2D eigenvalue weighted by Gasteiger charge is -2.51. The van der Waals surface area contributed by atoms with Gasteiger partial charge in [-0.05, 0) is 13.3 Å². The molecule has 0 saturated heterocycles. The molecule has 1 heterocycles. The van der Waals surface area contributed by atoms with Crippen LogP contribution in [-0.2, 0) is 18.3 Å². The Labute approximate surface area is 114 Å². The van der Waals surface area contributed by atoms with Gasteiger partial charge in [0.15, 0.2) is 0 Å². The van der Waals surface area contributed by atoms with Crippen LogP contribution in [0.4, 0.5) is 0 Å². The Kier molecular flexibility index (Phi) is 3.99. The topological polar surface area (TPSA) is 39.1 Å². The molecule has 0 bridgehead atoms. The smallest absolute Gasteiger partial charge is 0.128 e. The van der Waals surface area contributed by atoms with E-state index in [9.17, 15) is 0 Å². The summed E-state index contributed by atoms with van der Waals surface area (Å²) in [6, 6.07) is 0.476. The minimum atomic E-state index is 0.185. The molecule has 0 aliphatic heterocycles. The first-order valence-corrected chi connectivity index (χ1v) is 6.85. The third kappa shape index (κ3) is 2.42. The molecule has 102 valence electrons. The minimum absolute atomic E-state index is 0.185. The highest BCUT2D eigenvalue weighted by Gasteiger charge is 2.48. The normalized spacial score (nSPS) is 26.1. The van der Waals surface area contributed by atoms with Gasteiger partial charge < -0.3 is 14.6 Å². The number of rotatable bonds is 5. The lowest BCUT2D eigenvalue weighted by molar-refractivity contribution is -0.114. The van der Waals surface area contributed by atoms with E-state index < -0.39 is 0 Å². The Morgan fingerprint density at radius 3 is 2.83 bits per heavy atom. The Bertz CT molecular complexity index is 416. The van der Waals surface area contributed by atoms with Crippen molar-refractivity contribution in [3.63, 3.8) is 0 Å². The van der Waals surface area contributed by atoms with Crippen LogP contribution >= 0.6 is 11.6 Å². The number of imidazole rings is 1. The average Bonchev–Trinajstić information content (AvgIpc) is 2.64. The number of aromatic nitrogens is 2. The summed E-state index contributed by atoms with van der Waals surface area (Å²) in [5.74, 6) is 0.968. The number of halogens is 1. The predicted molar refractivity (Wildman–Crippen MR) is 72.7 cm³/mol. The third-order valence-electron chi connectivity index (χ3n) is 4.08. The number of nitrogens with zero attached hydrogens (tertiary/aromatic N) is 2. The molecule has 0 aromatic carbocycles. The Hall–Kier alpha value is -0.580. The molecule has 2 rings (SSSR count). The summed E-state index contributed by atoms with van der Waals surface area (Å²) in [6.07, 6.45) is 3.12. The van der Waals surface area contributed by atoms with Crippen LogP contribution in [0, 0.1) is 5.41 Å². The second-order valence-corrected chi connectivity index (χ2v) is 5.88. The van der Waals surface area contributed by atoms with Crippen LogP contribution < -0.4 is 5.32 Å². The summed E-state index contributed by atoms with van der Waals surface area (Å²) in [5, 5.41) is 4.22. The fourth-order valence-corrected chi connectivity index (χ4v) is 2.67. The van der Waals surface area contributed by atoms with E-state index in [1.54, 1.807) is 6.20 Å². The molecule has 2 unspecified atom stereocenters. The zero-order chi connectivity index (χ0) is 13.3. The molecule has 18 heavy (non-hydrogen) atoms. The predicted octanol–water partition coefficient (Wildman–Crippen LogP) is 2.37. The first-order valence-electron chi connectivity index (χ1n) is 6.48. The van der Waals surface area contributed by atoms with E-state index in [1.807, 2.05) is 18.5 Å². The van der Waals surface area contributed by atoms with Crippen LogP contribution in [0.25, 0.3) is 0 Å². The van der Waals surface area contributed by atoms with E-state index in [0.717, 1.165) is 25.4 Å². The van der Waals surface area contributed by atoms with Crippen molar-refractivity contribution in [2.24, 2.45) is 12.5 Å². The zero-order valence-corrected chi connectivity index (χ0v) is 12.3. The quantitative estimate of drug-likeness (QED) is 0.894. The summed E-state index contributed by atoms with van der Waals surface area (Å²) in [5.41, 5.74) is 0.185. The van der Waals surface area contributed by atoms with E-state index in [-0.39, 0.29) is 5.41 Å². The Morgan fingerprint density at radius 1 is 1.61 bits per heavy atom. The minimum Gasteiger partial charge on any atom is -0.378 e. The van der Waals surface area contributed by atoms with Crippen LogP contribution in [0.15, 0.2) is 6.20 Å². The first-order chi connectivity index (χ1) is 8.46. The molecule has 1 aliphatic carbocycles. The molecule has 0 amide bonds. The molecule has 2 atom stereocenters. The largest absolute Gasteiger partial charge is 0.378 e. The van der Waals surface area contributed by atoms with E-state index in [4.69, 9.17) is 16.3 Å². The van der Waals surface area contributed by atoms with E-state index in [1.165, 1.54) is 0 Å². The van der Waals surface area contributed by atoms with Crippen molar-refractivity contribution >= 4 is 11.6 Å². The van der Waals surface area contributed by atoms with Crippen molar-refractivity contribution in [3.05, 3.63) is 17.2 Å². The van der Waals surface area contributed by atoms with Crippen molar-refractivity contribution in [1.82, 2.24) is 14.9 Å². The SMILES string of the molecule is CCOC1CC(NCc2ncc(Cl)n2C)C1(C)C. The van der Waals surface area contributed by atoms with E-state index in [0.29, 0.717) is 17.3 Å². The number of nitrogens with one attached hydrogen (secondary N) is 1. The Morgan fingerprint density at radius 2 is 2.33 bits per heavy atom. The summed E-state index contributed by atoms with van der Waals surface area (Å²) in [4.78, 5) is 4.29. The fourth-order valence-electron chi connectivity index (χ4n) is 2.52. The van der Waals surface area contributed by atoms with Gasteiger partial charge in [-0.3, -0.25) is 0 Å². The standard InChI is InChI=1S/C13H22ClN3O/c1-5-18-10-6-9(13(10,2)3)15-8-12-16-7-11(14)17(12)4/h7,9-10,15H,5-6,8H2,1-4H3. The van der Waals surface area contributed by atoms with Crippen molar-refractivity contribution in [2.45, 2.75) is 45.9 Å². The number of ether oxygens (including phenoxy) is 1. The molecular weight excluding hydrogens is 250 g/mol. The number of hydrogen-bond donors (Lipinski definition) is 1. The van der Waals surface area contributed by atoms with Crippen molar-refractivity contribution in [3.8, 4) is 0 Å². The van der Waals surface area contributed by atoms with Gasteiger partial charge in [0.05, 0.1) is 18.8 Å². The second-order valence-electron chi connectivity index (χ2n) is 5.49. The van der Waals surface area contributed by atoms with Crippen molar-refractivity contribution < 1.29 is 4.74 Å². The molecule has 0 spiro atoms. The third-order valence-corrected chi connectivity index (χ3v) is 4.43. The molecule has 1 aliphatic rings. The monoisotopic (exact) mass is 271 g/mol. The van der Waals surface area contributed by atoms with Crippen molar-refractivity contribution in [1.29, 1.82) is 0 Å². The molecule has 1 fully saturated rings. The highest BCUT2D eigenvalue weighted by Crippen LogP contribution is 2.42. The van der Waals surface area contributed by atoms with Gasteiger partial charge in [0, 0.05) is 25.1 Å². The maximum absolute atomic E-state index is 5.97. The van der Waals surface area contributed by atoms with E-state index in [2.05, 4.69) is 24.1 Å². The van der Waals surface area contributed by atoms with Crippen LogP contribution in [0.2, 0.25) is 5.15 Å². The molecule has 1 aromatic rings. The maximum atomic E-state index is 5.97. The zero-order valence-electron chi connectivity index (χ0n) is 11.5. The van der Waals surface area contributed by atoms with Gasteiger partial charge in [0.1, 0.15) is 11.0 Å². The molecule has 1 saturated carbocycles. The Balaban J connectivity index is 1.87. The lowest BCUT2D eigenvalue weighted by Crippen LogP contribution is -2.60. The summed E-state index contributed by atoms with van der Waals surface area (Å²) in [6.45, 7) is 8.08. The molecule has 4 nitrogen and oxygen atoms in total. The summed E-state index contributed by atoms with van der Waals surface area (Å²) < 4.78 is 7.62. The average molecular weight is 272 g/mol. The highest BCUT2D eigenvalue weighted by molar-refractivity contribution is 6.29. The summed E-state index contributed by atoms with van der Waals surface area (Å²) in [7, 11) is 1.93. The van der Waals surface area contributed by atoms with Crippen LogP contribution in [0.1, 0.15) is 33.0 Å². The summed E-state index contributed by atoms with van der Waals surface area (Å²) >= 11 is 5.97. The second kappa shape index (κ2) is 5.19. The highest BCUT2D eigenvalue weighted by atomic mass is 35.5. The van der Waals surface area contributed by atoms with Gasteiger partial charge in [-0.2, -0.15) is 0 Å². The molecule has 1 N–H and O–H groups in total. The van der Waals surface area contributed by atoms with E-state index >= 15 is 0 Å². The van der Waals surface area contributed by atoms with Crippen LogP contribution in [0.3, 0.4) is 0 Å². The number of hydrogen-bond acceptors (Lipinski definition) is 3.